The normalized spacial score (nSPS) is 18.0. The van der Waals surface area contributed by atoms with E-state index in [4.69, 9.17) is 17.3 Å². The van der Waals surface area contributed by atoms with Crippen molar-refractivity contribution < 1.29 is 46.4 Å². The molecule has 324 valence electrons. The fourth-order valence-corrected chi connectivity index (χ4v) is 6.90. The Morgan fingerprint density at radius 3 is 1.81 bits per heavy atom. The van der Waals surface area contributed by atoms with E-state index in [-0.39, 0.29) is 61.3 Å². The average Bonchev–Trinajstić information content (AvgIpc) is 3.55. The lowest BCUT2D eigenvalue weighted by molar-refractivity contribution is -0.146. The number of hydrogen-bond acceptors (Lipinski definition) is 11. The van der Waals surface area contributed by atoms with Crippen LogP contribution in [0.1, 0.15) is 152 Å². The Morgan fingerprint density at radius 2 is 1.30 bits per heavy atom. The van der Waals surface area contributed by atoms with Crippen molar-refractivity contribution in [3.63, 3.8) is 0 Å². The SMILES string of the molecule is COc1cc(C(=O)OC2CCC(COC(=O)CC[C@H](NC(C)(C)C(C)(C)C)C(=O)C(C)(C)C(C)(C)NC(CCC(=O)O)C(=O)C(C)(C)C(C)(C)C)C2)ccc1OI. The second kappa shape index (κ2) is 19.5. The van der Waals surface area contributed by atoms with Crippen LogP contribution in [0.2, 0.25) is 0 Å². The minimum Gasteiger partial charge on any atom is -0.493 e. The maximum atomic E-state index is 14.8. The van der Waals surface area contributed by atoms with Crippen molar-refractivity contribution in [3.8, 4) is 11.5 Å². The molecule has 0 saturated heterocycles. The number of carboxylic acids is 1. The Hall–Kier alpha value is -2.78. The second-order valence-corrected chi connectivity index (χ2v) is 20.4. The van der Waals surface area contributed by atoms with Gasteiger partial charge in [0.2, 0.25) is 0 Å². The fourth-order valence-electron chi connectivity index (χ4n) is 6.53. The van der Waals surface area contributed by atoms with Gasteiger partial charge >= 0.3 is 17.9 Å². The zero-order valence-electron chi connectivity index (χ0n) is 37.2. The molecule has 0 heterocycles. The van der Waals surface area contributed by atoms with Crippen LogP contribution >= 0.6 is 23.0 Å². The number of ether oxygens (including phenoxy) is 3. The first-order chi connectivity index (χ1) is 25.9. The first-order valence-electron chi connectivity index (χ1n) is 20.1. The quantitative estimate of drug-likeness (QED) is 0.0795. The number of esters is 2. The van der Waals surface area contributed by atoms with Gasteiger partial charge in [-0.05, 0) is 94.7 Å². The van der Waals surface area contributed by atoms with E-state index in [1.165, 1.54) is 7.11 Å². The van der Waals surface area contributed by atoms with Crippen LogP contribution in [0, 0.1) is 27.6 Å². The van der Waals surface area contributed by atoms with Crippen LogP contribution in [-0.2, 0) is 28.7 Å². The summed E-state index contributed by atoms with van der Waals surface area (Å²) in [6.45, 7) is 27.6. The molecule has 4 atom stereocenters. The number of carbonyl (C=O) groups is 5. The summed E-state index contributed by atoms with van der Waals surface area (Å²) >= 11 is 1.75. The van der Waals surface area contributed by atoms with Gasteiger partial charge in [0, 0.05) is 34.7 Å². The fraction of sp³-hybridized carbons (Fsp3) is 0.750. The van der Waals surface area contributed by atoms with Crippen molar-refractivity contribution in [3.05, 3.63) is 23.8 Å². The van der Waals surface area contributed by atoms with Gasteiger partial charge < -0.3 is 33.0 Å². The minimum atomic E-state index is -1.08. The molecule has 1 aromatic carbocycles. The number of Topliss-reactive ketones (excluding diaryl/α,β-unsaturated/α-hetero) is 2. The summed E-state index contributed by atoms with van der Waals surface area (Å²) in [5.41, 5.74) is -3.65. The van der Waals surface area contributed by atoms with Crippen molar-refractivity contribution in [1.29, 1.82) is 0 Å². The Labute approximate surface area is 355 Å². The monoisotopic (exact) mass is 914 g/mol. The number of hydrogen-bond donors (Lipinski definition) is 3. The summed E-state index contributed by atoms with van der Waals surface area (Å²) in [7, 11) is 1.50. The molecule has 1 saturated carbocycles. The standard InChI is InChI=1S/C44H71IN2O10/c1-39(2,3)41(7,8)36(51)30(19-22-34(48)49)47-44(13,14)42(9,10)37(52)31(46-43(11,12)40(4,5)6)20-23-35(50)55-26-27-16-18-29(24-27)56-38(53)28-17-21-32(57-45)33(25-28)54-15/h17,21,25,27,29-31,46-47H,16,18-20,22-24,26H2,1-15H3,(H,48,49)/t27?,29?,30?,31-/m0/s1. The number of halogens is 1. The largest absolute Gasteiger partial charge is 0.493 e. The van der Waals surface area contributed by atoms with E-state index < -0.39 is 57.3 Å². The molecule has 1 aliphatic rings. The van der Waals surface area contributed by atoms with Gasteiger partial charge in [0.15, 0.2) is 46.1 Å². The Balaban J connectivity index is 2.19. The zero-order valence-corrected chi connectivity index (χ0v) is 39.4. The molecule has 0 amide bonds. The van der Waals surface area contributed by atoms with Crippen LogP contribution in [0.15, 0.2) is 18.2 Å². The van der Waals surface area contributed by atoms with Crippen LogP contribution < -0.4 is 18.4 Å². The van der Waals surface area contributed by atoms with E-state index in [9.17, 15) is 29.1 Å². The van der Waals surface area contributed by atoms with E-state index in [1.807, 2.05) is 76.2 Å². The topological polar surface area (TPSA) is 167 Å². The van der Waals surface area contributed by atoms with Gasteiger partial charge in [-0.15, -0.1) is 0 Å². The summed E-state index contributed by atoms with van der Waals surface area (Å²) < 4.78 is 22.0. The molecule has 1 fully saturated rings. The lowest BCUT2D eigenvalue weighted by atomic mass is 9.64. The van der Waals surface area contributed by atoms with Crippen LogP contribution in [0.5, 0.6) is 11.5 Å². The predicted molar refractivity (Wildman–Crippen MR) is 230 cm³/mol. The Bertz CT molecular complexity index is 1590. The predicted octanol–water partition coefficient (Wildman–Crippen LogP) is 8.69. The smallest absolute Gasteiger partial charge is 0.338 e. The van der Waals surface area contributed by atoms with E-state index >= 15 is 0 Å². The van der Waals surface area contributed by atoms with E-state index in [0.29, 0.717) is 29.9 Å². The first-order valence-corrected chi connectivity index (χ1v) is 21.0. The maximum Gasteiger partial charge on any atom is 0.338 e. The van der Waals surface area contributed by atoms with E-state index in [0.717, 1.165) is 6.42 Å². The Morgan fingerprint density at radius 1 is 0.754 bits per heavy atom. The third-order valence-corrected chi connectivity index (χ3v) is 13.7. The van der Waals surface area contributed by atoms with Crippen molar-refractivity contribution in [1.82, 2.24) is 10.6 Å². The average molecular weight is 915 g/mol. The van der Waals surface area contributed by atoms with Gasteiger partial charge in [0.1, 0.15) is 6.10 Å². The summed E-state index contributed by atoms with van der Waals surface area (Å²) in [6, 6.07) is 3.29. The first kappa shape index (κ1) is 50.4. The van der Waals surface area contributed by atoms with Gasteiger partial charge in [-0.1, -0.05) is 69.2 Å². The molecule has 1 aromatic rings. The van der Waals surface area contributed by atoms with Crippen molar-refractivity contribution >= 4 is 52.5 Å². The number of carbonyl (C=O) groups excluding carboxylic acids is 4. The Kier molecular flexibility index (Phi) is 17.2. The van der Waals surface area contributed by atoms with Crippen LogP contribution in [0.4, 0.5) is 0 Å². The molecular formula is C44H71IN2O10. The molecule has 3 unspecified atom stereocenters. The summed E-state index contributed by atoms with van der Waals surface area (Å²) in [6.07, 6.45) is 1.69. The number of aliphatic carboxylic acids is 1. The highest BCUT2D eigenvalue weighted by Gasteiger charge is 2.50. The molecule has 2 rings (SSSR count). The molecule has 0 spiro atoms. The highest BCUT2D eigenvalue weighted by atomic mass is 127. The molecule has 0 bridgehead atoms. The van der Waals surface area contributed by atoms with Gasteiger partial charge in [-0.2, -0.15) is 0 Å². The molecule has 13 heteroatoms. The molecule has 3 N–H and O–H groups in total. The lowest BCUT2D eigenvalue weighted by Gasteiger charge is -2.48. The minimum absolute atomic E-state index is 0.00302. The maximum absolute atomic E-state index is 14.8. The highest BCUT2D eigenvalue weighted by Crippen LogP contribution is 2.42. The van der Waals surface area contributed by atoms with Crippen LogP contribution in [-0.4, -0.2) is 77.6 Å². The summed E-state index contributed by atoms with van der Waals surface area (Å²) in [5.74, 6) is -1.19. The molecule has 0 aromatic heterocycles. The zero-order chi connectivity index (χ0) is 43.9. The summed E-state index contributed by atoms with van der Waals surface area (Å²) in [5, 5.41) is 16.6. The molecule has 1 aliphatic carbocycles. The molecule has 12 nitrogen and oxygen atoms in total. The highest BCUT2D eigenvalue weighted by molar-refractivity contribution is 14.1. The van der Waals surface area contributed by atoms with Crippen molar-refractivity contribution in [2.75, 3.05) is 13.7 Å². The van der Waals surface area contributed by atoms with Crippen LogP contribution in [0.25, 0.3) is 0 Å². The molecule has 0 aliphatic heterocycles. The third kappa shape index (κ3) is 13.1. The number of nitrogens with one attached hydrogen (secondary N) is 2. The second-order valence-electron chi connectivity index (χ2n) is 19.9. The molecule has 57 heavy (non-hydrogen) atoms. The summed E-state index contributed by atoms with van der Waals surface area (Å²) in [4.78, 5) is 66.7. The van der Waals surface area contributed by atoms with Gasteiger partial charge in [0.25, 0.3) is 0 Å². The van der Waals surface area contributed by atoms with Gasteiger partial charge in [-0.25, -0.2) is 4.79 Å². The van der Waals surface area contributed by atoms with Crippen molar-refractivity contribution in [2.24, 2.45) is 27.6 Å². The van der Waals surface area contributed by atoms with Crippen LogP contribution in [0.3, 0.4) is 0 Å². The lowest BCUT2D eigenvalue weighted by Crippen LogP contribution is -2.65. The number of ketones is 2. The third-order valence-electron chi connectivity index (χ3n) is 13.3. The van der Waals surface area contributed by atoms with Crippen molar-refractivity contribution in [2.45, 2.75) is 171 Å². The van der Waals surface area contributed by atoms with Gasteiger partial charge in [-0.3, -0.25) is 19.2 Å². The van der Waals surface area contributed by atoms with Gasteiger partial charge in [0.05, 0.1) is 31.4 Å². The van der Waals surface area contributed by atoms with E-state index in [1.54, 1.807) is 41.2 Å². The van der Waals surface area contributed by atoms with E-state index in [2.05, 4.69) is 31.4 Å². The number of carboxylic acid groups (broad SMARTS) is 1. The molecule has 0 radical (unpaired) electrons. The molecular weight excluding hydrogens is 843 g/mol. The number of methoxy groups -OCH3 is 1. The number of rotatable bonds is 21. The number of benzene rings is 1.